The summed E-state index contributed by atoms with van der Waals surface area (Å²) in [5.41, 5.74) is 0.467. The van der Waals surface area contributed by atoms with Crippen molar-refractivity contribution in [2.45, 2.75) is 69.0 Å². The van der Waals surface area contributed by atoms with Crippen LogP contribution in [-0.2, 0) is 35.6 Å². The van der Waals surface area contributed by atoms with Crippen molar-refractivity contribution in [2.24, 2.45) is 0 Å². The quantitative estimate of drug-likeness (QED) is 0.181. The molecule has 160 valence electrons. The number of hydrogen-bond donors (Lipinski definition) is 2. The largest absolute Gasteiger partial charge is 0.229 e. The second-order valence-electron chi connectivity index (χ2n) is 7.28. The zero-order valence-corrected chi connectivity index (χ0v) is 19.8. The molecule has 0 radical (unpaired) electrons. The zero-order chi connectivity index (χ0) is 21.2. The Morgan fingerprint density at radius 2 is 2.07 bits per heavy atom. The van der Waals surface area contributed by atoms with Crippen LogP contribution in [0, 0.1) is 0 Å². The van der Waals surface area contributed by atoms with Gasteiger partial charge in [0.05, 0.1) is 5.75 Å². The summed E-state index contributed by atoms with van der Waals surface area (Å²) in [5, 5.41) is 20.4. The fourth-order valence-corrected chi connectivity index (χ4v) is 4.81. The van der Waals surface area contributed by atoms with Gasteiger partial charge in [0, 0.05) is 6.26 Å². The monoisotopic (exact) mass is 471 g/mol. The molecule has 0 aromatic carbocycles. The smallest absolute Gasteiger partial charge is 0.151 e. The van der Waals surface area contributed by atoms with Gasteiger partial charge in [-0.15, -0.1) is 0 Å². The second-order valence-corrected chi connectivity index (χ2v) is 10.7. The Kier molecular flexibility index (Phi) is 13.2. The molecule has 1 heterocycles. The fourth-order valence-electron chi connectivity index (χ4n) is 3.36. The molecular weight excluding hydrogens is 441 g/mol. The topological polar surface area (TPSA) is 102 Å². The molecule has 1 aliphatic heterocycles. The number of hydrogen-bond acceptors (Lipinski definition) is 8. The molecule has 28 heavy (non-hydrogen) atoms. The molecule has 1 aliphatic rings. The minimum Gasteiger partial charge on any atom is -0.229 e. The number of sulfone groups is 1. The van der Waals surface area contributed by atoms with Gasteiger partial charge in [0.15, 0.2) is 9.84 Å². The molecule has 0 aromatic heterocycles. The van der Waals surface area contributed by atoms with Crippen LogP contribution in [0.5, 0.6) is 0 Å². The van der Waals surface area contributed by atoms with Crippen LogP contribution in [0.4, 0.5) is 0 Å². The van der Waals surface area contributed by atoms with Crippen LogP contribution < -0.4 is 0 Å². The van der Waals surface area contributed by atoms with E-state index in [2.05, 4.69) is 16.0 Å². The zero-order valence-electron chi connectivity index (χ0n) is 16.1. The Balaban J connectivity index is 2.49. The average Bonchev–Trinajstić information content (AvgIpc) is 2.55. The van der Waals surface area contributed by atoms with Crippen molar-refractivity contribution >= 4 is 44.8 Å². The van der Waals surface area contributed by atoms with Crippen LogP contribution in [0.15, 0.2) is 12.2 Å². The Morgan fingerprint density at radius 3 is 2.64 bits per heavy atom. The standard InChI is InChI=1S/C16H30BO7P2S2/c1-11(10-28(2,20)21)5-12(18)6-15-7-13(19)8-16(23-15)9-14(24-25)3-4-22-17-26-27/h12-16,18-19H,1,3-10,25H2,2H3/q+1/t12-,13+,14-,15-,16-/m0/s1. The van der Waals surface area contributed by atoms with Crippen LogP contribution in [0.25, 0.3) is 0 Å². The predicted octanol–water partition coefficient (Wildman–Crippen LogP) is 1.55. The molecule has 6 atom stereocenters. The van der Waals surface area contributed by atoms with Crippen molar-refractivity contribution in [1.82, 2.24) is 0 Å². The molecule has 0 bridgehead atoms. The van der Waals surface area contributed by atoms with E-state index in [-0.39, 0.29) is 30.5 Å². The summed E-state index contributed by atoms with van der Waals surface area (Å²) in [7, 11) is -0.911. The van der Waals surface area contributed by atoms with Crippen LogP contribution in [0.2, 0.25) is 0 Å². The first-order valence-corrected chi connectivity index (χ1v) is 13.6. The molecule has 7 nitrogen and oxygen atoms in total. The summed E-state index contributed by atoms with van der Waals surface area (Å²) in [6.07, 6.45) is 2.00. The maximum absolute atomic E-state index is 11.3. The molecule has 1 rings (SSSR count). The van der Waals surface area contributed by atoms with E-state index in [0.717, 1.165) is 6.26 Å². The first kappa shape index (κ1) is 26.7. The summed E-state index contributed by atoms with van der Waals surface area (Å²) >= 11 is 4.76. The van der Waals surface area contributed by atoms with E-state index in [0.29, 0.717) is 51.1 Å². The van der Waals surface area contributed by atoms with Gasteiger partial charge >= 0.3 is 140 Å². The van der Waals surface area contributed by atoms with Gasteiger partial charge < -0.3 is 0 Å². The molecule has 0 amide bonds. The van der Waals surface area contributed by atoms with Gasteiger partial charge in [-0.05, 0) is 0 Å². The number of aliphatic hydroxyl groups is 2. The van der Waals surface area contributed by atoms with E-state index in [1.165, 1.54) is 0 Å². The molecule has 0 aromatic rings. The van der Waals surface area contributed by atoms with Crippen molar-refractivity contribution < 1.29 is 32.5 Å². The van der Waals surface area contributed by atoms with E-state index in [1.54, 1.807) is 6.82 Å². The summed E-state index contributed by atoms with van der Waals surface area (Å²) in [6.45, 7) is 6.41. The van der Waals surface area contributed by atoms with Crippen LogP contribution in [0.3, 0.4) is 0 Å². The van der Waals surface area contributed by atoms with Crippen molar-refractivity contribution in [1.29, 1.82) is 0 Å². The molecule has 0 spiro atoms. The SMILES string of the molecule is C=C(C[C@H](O)C[C@H]1C[C@@H](O)C[C@@H](C[C@H](CCOB=[P+]=S)OP)O1)CS(C)(=O)=O. The molecule has 1 fully saturated rings. The third-order valence-corrected chi connectivity index (χ3v) is 6.18. The average molecular weight is 471 g/mol. The molecular formula is C16H30BO7P2S2+. The van der Waals surface area contributed by atoms with Gasteiger partial charge in [-0.2, -0.15) is 0 Å². The van der Waals surface area contributed by atoms with Gasteiger partial charge in [0.25, 0.3) is 0 Å². The van der Waals surface area contributed by atoms with Crippen molar-refractivity contribution in [2.75, 3.05) is 18.6 Å². The van der Waals surface area contributed by atoms with Gasteiger partial charge in [-0.3, -0.25) is 0 Å². The molecule has 0 aliphatic carbocycles. The molecule has 2 N–H and O–H groups in total. The summed E-state index contributed by atoms with van der Waals surface area (Å²) in [4.78, 5) is 0. The van der Waals surface area contributed by atoms with Crippen LogP contribution in [-0.4, -0.2) is 74.6 Å². The van der Waals surface area contributed by atoms with Crippen molar-refractivity contribution in [3.8, 4) is 0 Å². The fraction of sp³-hybridized carbons (Fsp3) is 0.875. The Morgan fingerprint density at radius 1 is 1.43 bits per heavy atom. The van der Waals surface area contributed by atoms with E-state index < -0.39 is 22.0 Å². The number of aliphatic hydroxyl groups excluding tert-OH is 2. The van der Waals surface area contributed by atoms with Gasteiger partial charge in [-0.1, -0.05) is 6.58 Å². The summed E-state index contributed by atoms with van der Waals surface area (Å²) in [5.74, 6) is -0.140. The van der Waals surface area contributed by atoms with Gasteiger partial charge in [0.2, 0.25) is 0 Å². The molecule has 1 unspecified atom stereocenters. The number of ether oxygens (including phenoxy) is 1. The normalized spacial score (nSPS) is 24.9. The maximum Gasteiger partial charge on any atom is 0.151 e. The van der Waals surface area contributed by atoms with E-state index in [9.17, 15) is 18.6 Å². The third-order valence-electron chi connectivity index (χ3n) is 4.37. The molecule has 12 heteroatoms. The Bertz CT molecular complexity index is 643. The Hall–Kier alpha value is 0.635. The van der Waals surface area contributed by atoms with Crippen molar-refractivity contribution in [3.05, 3.63) is 12.2 Å². The van der Waals surface area contributed by atoms with E-state index in [1.807, 2.05) is 0 Å². The first-order valence-electron chi connectivity index (χ1n) is 9.10. The predicted molar refractivity (Wildman–Crippen MR) is 118 cm³/mol. The summed E-state index contributed by atoms with van der Waals surface area (Å²) in [6, 6.07) is 0. The van der Waals surface area contributed by atoms with Gasteiger partial charge in [-0.25, -0.2) is 8.42 Å². The molecule has 0 saturated carbocycles. The number of rotatable bonds is 13. The van der Waals surface area contributed by atoms with E-state index >= 15 is 0 Å². The van der Waals surface area contributed by atoms with Crippen LogP contribution >= 0.6 is 16.3 Å². The van der Waals surface area contributed by atoms with Crippen LogP contribution in [0.1, 0.15) is 38.5 Å². The Labute approximate surface area is 177 Å². The minimum absolute atomic E-state index is 0.101. The summed E-state index contributed by atoms with van der Waals surface area (Å²) < 4.78 is 39.3. The molecule has 1 saturated heterocycles. The van der Waals surface area contributed by atoms with Gasteiger partial charge in [0.1, 0.15) is 0 Å². The second kappa shape index (κ2) is 13.8. The van der Waals surface area contributed by atoms with Crippen molar-refractivity contribution in [3.63, 3.8) is 0 Å². The third kappa shape index (κ3) is 12.4. The maximum atomic E-state index is 11.3. The minimum atomic E-state index is -3.16. The van der Waals surface area contributed by atoms with E-state index in [4.69, 9.17) is 25.7 Å². The first-order chi connectivity index (χ1) is 13.1.